The first-order chi connectivity index (χ1) is 16.3. The minimum atomic E-state index is -1.48. The van der Waals surface area contributed by atoms with Gasteiger partial charge >= 0.3 is 12.0 Å². The van der Waals surface area contributed by atoms with E-state index in [9.17, 15) is 9.90 Å². The predicted molar refractivity (Wildman–Crippen MR) is 128 cm³/mol. The SMILES string of the molecule is CC(CCOCc1ccccc1Cl)(Oc1ccc(Oc2nc3cc(Cl)ccc3o2)cc1)C(=O)O. The van der Waals surface area contributed by atoms with Gasteiger partial charge in [0.1, 0.15) is 17.0 Å². The van der Waals surface area contributed by atoms with Crippen molar-refractivity contribution in [2.24, 2.45) is 0 Å². The molecule has 0 saturated carbocycles. The molecular weight excluding hydrogens is 481 g/mol. The molecule has 1 N–H and O–H groups in total. The fourth-order valence-corrected chi connectivity index (χ4v) is 3.48. The van der Waals surface area contributed by atoms with Crippen LogP contribution in [-0.4, -0.2) is 28.3 Å². The quantitative estimate of drug-likeness (QED) is 0.240. The van der Waals surface area contributed by atoms with Gasteiger partial charge in [0, 0.05) is 16.5 Å². The van der Waals surface area contributed by atoms with Crippen LogP contribution in [0.25, 0.3) is 11.1 Å². The Hall–Kier alpha value is -3.26. The molecule has 4 rings (SSSR count). The highest BCUT2D eigenvalue weighted by Gasteiger charge is 2.35. The molecule has 3 aromatic carbocycles. The van der Waals surface area contributed by atoms with Crippen molar-refractivity contribution < 1.29 is 28.5 Å². The van der Waals surface area contributed by atoms with Crippen LogP contribution in [0.4, 0.5) is 0 Å². The van der Waals surface area contributed by atoms with Crippen LogP contribution < -0.4 is 9.47 Å². The molecule has 1 heterocycles. The van der Waals surface area contributed by atoms with Crippen LogP contribution in [0.3, 0.4) is 0 Å². The van der Waals surface area contributed by atoms with Gasteiger partial charge in [0.25, 0.3) is 0 Å². The molecule has 1 aromatic heterocycles. The summed E-state index contributed by atoms with van der Waals surface area (Å²) in [5.74, 6) is -0.280. The topological polar surface area (TPSA) is 91.0 Å². The van der Waals surface area contributed by atoms with Gasteiger partial charge in [-0.05, 0) is 61.0 Å². The van der Waals surface area contributed by atoms with E-state index in [0.717, 1.165) is 5.56 Å². The molecule has 7 nitrogen and oxygen atoms in total. The Balaban J connectivity index is 1.35. The van der Waals surface area contributed by atoms with Crippen molar-refractivity contribution in [2.75, 3.05) is 6.61 Å². The van der Waals surface area contributed by atoms with Crippen molar-refractivity contribution in [2.45, 2.75) is 25.6 Å². The molecule has 0 aliphatic carbocycles. The number of oxazole rings is 1. The number of aromatic nitrogens is 1. The van der Waals surface area contributed by atoms with Crippen LogP contribution in [-0.2, 0) is 16.1 Å². The van der Waals surface area contributed by atoms with Gasteiger partial charge in [0.15, 0.2) is 5.58 Å². The normalized spacial score (nSPS) is 12.9. The van der Waals surface area contributed by atoms with Gasteiger partial charge in [-0.1, -0.05) is 41.4 Å². The molecule has 0 aliphatic heterocycles. The number of nitrogens with zero attached hydrogens (tertiary/aromatic N) is 1. The van der Waals surface area contributed by atoms with Crippen LogP contribution in [0.1, 0.15) is 18.9 Å². The van der Waals surface area contributed by atoms with E-state index in [1.165, 1.54) is 6.92 Å². The minimum absolute atomic E-state index is 0.0666. The fourth-order valence-electron chi connectivity index (χ4n) is 3.13. The van der Waals surface area contributed by atoms with Gasteiger partial charge in [-0.15, -0.1) is 0 Å². The lowest BCUT2D eigenvalue weighted by atomic mass is 10.0. The van der Waals surface area contributed by atoms with Gasteiger partial charge in [0.05, 0.1) is 13.2 Å². The molecule has 0 saturated heterocycles. The number of carboxylic acid groups (broad SMARTS) is 1. The Bertz CT molecular complexity index is 1290. The Labute approximate surface area is 205 Å². The number of carboxylic acids is 1. The van der Waals surface area contributed by atoms with Crippen LogP contribution in [0.5, 0.6) is 17.6 Å². The van der Waals surface area contributed by atoms with E-state index < -0.39 is 11.6 Å². The second kappa shape index (κ2) is 10.3. The summed E-state index contributed by atoms with van der Waals surface area (Å²) >= 11 is 12.1. The molecule has 0 aliphatic rings. The van der Waals surface area contributed by atoms with Gasteiger partial charge < -0.3 is 23.7 Å². The molecular formula is C25H21Cl2NO6. The average Bonchev–Trinajstić information content (AvgIpc) is 3.20. The molecule has 1 unspecified atom stereocenters. The van der Waals surface area contributed by atoms with Crippen LogP contribution in [0.15, 0.2) is 71.1 Å². The summed E-state index contributed by atoms with van der Waals surface area (Å²) < 4.78 is 22.6. The first-order valence-electron chi connectivity index (χ1n) is 10.4. The lowest BCUT2D eigenvalue weighted by molar-refractivity contribution is -0.155. The molecule has 0 radical (unpaired) electrons. The Morgan fingerprint density at radius 2 is 1.79 bits per heavy atom. The maximum absolute atomic E-state index is 11.9. The second-order valence-corrected chi connectivity index (χ2v) is 8.54. The summed E-state index contributed by atoms with van der Waals surface area (Å²) in [4.78, 5) is 16.1. The van der Waals surface area contributed by atoms with Gasteiger partial charge in [0.2, 0.25) is 5.60 Å². The zero-order valence-electron chi connectivity index (χ0n) is 18.2. The molecule has 0 amide bonds. The number of ether oxygens (including phenoxy) is 3. The summed E-state index contributed by atoms with van der Waals surface area (Å²) in [6.07, 6.45) is 0.202. The third-order valence-corrected chi connectivity index (χ3v) is 5.70. The Kier molecular flexibility index (Phi) is 7.26. The van der Waals surface area contributed by atoms with E-state index in [1.54, 1.807) is 48.5 Å². The maximum Gasteiger partial charge on any atom is 0.400 e. The van der Waals surface area contributed by atoms with Gasteiger partial charge in [-0.25, -0.2) is 4.79 Å². The van der Waals surface area contributed by atoms with Gasteiger partial charge in [-0.3, -0.25) is 0 Å². The standard InChI is InChI=1S/C25H21Cl2NO6/c1-25(23(29)30,12-13-31-15-16-4-2-3-5-20(16)27)34-19-9-7-18(8-10-19)32-24-28-21-14-17(26)6-11-22(21)33-24/h2-11,14H,12-13,15H2,1H3,(H,29,30). The maximum atomic E-state index is 11.9. The van der Waals surface area contributed by atoms with E-state index in [2.05, 4.69) is 4.98 Å². The van der Waals surface area contributed by atoms with Crippen LogP contribution in [0, 0.1) is 0 Å². The highest BCUT2D eigenvalue weighted by Crippen LogP contribution is 2.29. The zero-order valence-corrected chi connectivity index (χ0v) is 19.7. The first-order valence-corrected chi connectivity index (χ1v) is 11.2. The minimum Gasteiger partial charge on any atom is -0.478 e. The lowest BCUT2D eigenvalue weighted by Gasteiger charge is -2.26. The van der Waals surface area contributed by atoms with Crippen molar-refractivity contribution in [3.63, 3.8) is 0 Å². The average molecular weight is 502 g/mol. The predicted octanol–water partition coefficient (Wildman–Crippen LogP) is 6.76. The van der Waals surface area contributed by atoms with Crippen molar-refractivity contribution in [1.29, 1.82) is 0 Å². The molecule has 176 valence electrons. The number of halogens is 2. The number of hydrogen-bond acceptors (Lipinski definition) is 6. The van der Waals surface area contributed by atoms with Crippen molar-refractivity contribution in [3.8, 4) is 17.6 Å². The monoisotopic (exact) mass is 501 g/mol. The van der Waals surface area contributed by atoms with E-state index in [0.29, 0.717) is 32.6 Å². The Morgan fingerprint density at radius 1 is 1.06 bits per heavy atom. The highest BCUT2D eigenvalue weighted by molar-refractivity contribution is 6.31. The highest BCUT2D eigenvalue weighted by atomic mass is 35.5. The van der Waals surface area contributed by atoms with Gasteiger partial charge in [-0.2, -0.15) is 4.98 Å². The van der Waals surface area contributed by atoms with Crippen molar-refractivity contribution in [3.05, 3.63) is 82.3 Å². The zero-order chi connectivity index (χ0) is 24.1. The number of aliphatic carboxylic acids is 1. The fraction of sp³-hybridized carbons (Fsp3) is 0.200. The Morgan fingerprint density at radius 3 is 2.53 bits per heavy atom. The molecule has 9 heteroatoms. The lowest BCUT2D eigenvalue weighted by Crippen LogP contribution is -2.42. The van der Waals surface area contributed by atoms with Crippen molar-refractivity contribution >= 4 is 40.3 Å². The summed E-state index contributed by atoms with van der Waals surface area (Å²) in [5, 5.41) is 10.9. The van der Waals surface area contributed by atoms with Crippen molar-refractivity contribution in [1.82, 2.24) is 4.98 Å². The third-order valence-electron chi connectivity index (χ3n) is 5.09. The van der Waals surface area contributed by atoms with E-state index in [1.807, 2.05) is 18.2 Å². The summed E-state index contributed by atoms with van der Waals surface area (Å²) in [6.45, 7) is 1.96. The third kappa shape index (κ3) is 5.80. The molecule has 4 aromatic rings. The number of hydrogen-bond donors (Lipinski definition) is 1. The number of rotatable bonds is 10. The van der Waals surface area contributed by atoms with E-state index in [4.69, 9.17) is 41.8 Å². The summed E-state index contributed by atoms with van der Waals surface area (Å²) in [5.41, 5.74) is 0.479. The number of benzene rings is 3. The first kappa shape index (κ1) is 23.9. The molecule has 0 spiro atoms. The molecule has 34 heavy (non-hydrogen) atoms. The summed E-state index contributed by atoms with van der Waals surface area (Å²) in [6, 6.07) is 18.9. The second-order valence-electron chi connectivity index (χ2n) is 7.70. The molecule has 0 bridgehead atoms. The van der Waals surface area contributed by atoms with Crippen LogP contribution in [0.2, 0.25) is 10.0 Å². The van der Waals surface area contributed by atoms with E-state index >= 15 is 0 Å². The van der Waals surface area contributed by atoms with Crippen LogP contribution >= 0.6 is 23.2 Å². The largest absolute Gasteiger partial charge is 0.478 e. The molecule has 1 atom stereocenters. The summed E-state index contributed by atoms with van der Waals surface area (Å²) in [7, 11) is 0. The number of carbonyl (C=O) groups is 1. The molecule has 0 fully saturated rings. The van der Waals surface area contributed by atoms with E-state index in [-0.39, 0.29) is 25.7 Å². The smallest absolute Gasteiger partial charge is 0.400 e. The number of fused-ring (bicyclic) bond motifs is 1.